The van der Waals surface area contributed by atoms with Crippen molar-refractivity contribution in [1.82, 2.24) is 9.88 Å². The molecule has 0 aliphatic carbocycles. The Kier molecular flexibility index (Phi) is 5.90. The Bertz CT molecular complexity index is 625. The Morgan fingerprint density at radius 1 is 1.55 bits per heavy atom. The van der Waals surface area contributed by atoms with Crippen molar-refractivity contribution in [2.24, 2.45) is 5.92 Å². The van der Waals surface area contributed by atoms with E-state index < -0.39 is 9.84 Å². The summed E-state index contributed by atoms with van der Waals surface area (Å²) in [6.07, 6.45) is 0.557. The molecule has 0 radical (unpaired) electrons. The van der Waals surface area contributed by atoms with E-state index in [-0.39, 0.29) is 23.5 Å². The summed E-state index contributed by atoms with van der Waals surface area (Å²) >= 11 is 2.96. The van der Waals surface area contributed by atoms with E-state index in [1.54, 1.807) is 4.90 Å². The van der Waals surface area contributed by atoms with Crippen molar-refractivity contribution in [1.29, 1.82) is 0 Å². The summed E-state index contributed by atoms with van der Waals surface area (Å²) in [7, 11) is -2.98. The number of thioether (sulfide) groups is 1. The average Bonchev–Trinajstić information content (AvgIpc) is 2.98. The molecule has 1 aliphatic heterocycles. The average molecular weight is 363 g/mol. The summed E-state index contributed by atoms with van der Waals surface area (Å²) in [5, 5.41) is 1.96. The summed E-state index contributed by atoms with van der Waals surface area (Å²) in [5.41, 5.74) is 0.959. The molecule has 1 atom stereocenters. The number of sulfone groups is 1. The predicted molar refractivity (Wildman–Crippen MR) is 91.2 cm³/mol. The summed E-state index contributed by atoms with van der Waals surface area (Å²) in [5.74, 6) is 0.939. The zero-order valence-electron chi connectivity index (χ0n) is 13.1. The smallest absolute Gasteiger partial charge is 0.233 e. The van der Waals surface area contributed by atoms with Crippen molar-refractivity contribution in [3.05, 3.63) is 11.1 Å². The minimum atomic E-state index is -2.98. The number of carbonyl (C=O) groups excluding carboxylic acids is 1. The molecule has 124 valence electrons. The molecule has 1 amide bonds. The fourth-order valence-corrected chi connectivity index (χ4v) is 5.94. The van der Waals surface area contributed by atoms with Crippen LogP contribution >= 0.6 is 23.1 Å². The van der Waals surface area contributed by atoms with E-state index in [0.717, 1.165) is 10.0 Å². The second-order valence-electron chi connectivity index (χ2n) is 6.04. The lowest BCUT2D eigenvalue weighted by atomic mass is 10.1. The molecule has 1 unspecified atom stereocenters. The van der Waals surface area contributed by atoms with Crippen LogP contribution in [0.2, 0.25) is 0 Å². The Balaban J connectivity index is 2.00. The van der Waals surface area contributed by atoms with Crippen molar-refractivity contribution in [2.75, 3.05) is 23.8 Å². The fourth-order valence-electron chi connectivity index (χ4n) is 2.47. The van der Waals surface area contributed by atoms with Gasteiger partial charge < -0.3 is 4.90 Å². The fraction of sp³-hybridized carbons (Fsp3) is 0.714. The third-order valence-electron chi connectivity index (χ3n) is 3.45. The maximum atomic E-state index is 12.5. The van der Waals surface area contributed by atoms with Gasteiger partial charge in [0.1, 0.15) is 0 Å². The lowest BCUT2D eigenvalue weighted by molar-refractivity contribution is -0.130. The third-order valence-corrected chi connectivity index (χ3v) is 7.32. The minimum absolute atomic E-state index is 0.00801. The van der Waals surface area contributed by atoms with Crippen LogP contribution in [0.15, 0.2) is 9.72 Å². The largest absolute Gasteiger partial charge is 0.338 e. The highest BCUT2D eigenvalue weighted by Crippen LogP contribution is 2.25. The van der Waals surface area contributed by atoms with Gasteiger partial charge in [0.2, 0.25) is 5.91 Å². The van der Waals surface area contributed by atoms with Crippen molar-refractivity contribution in [2.45, 2.75) is 37.6 Å². The maximum absolute atomic E-state index is 12.5. The quantitative estimate of drug-likeness (QED) is 0.726. The van der Waals surface area contributed by atoms with Gasteiger partial charge in [-0.1, -0.05) is 25.6 Å². The molecule has 1 saturated heterocycles. The molecule has 1 aromatic rings. The maximum Gasteiger partial charge on any atom is 0.233 e. The van der Waals surface area contributed by atoms with Gasteiger partial charge in [0.15, 0.2) is 14.2 Å². The number of amides is 1. The molecule has 0 spiro atoms. The molecule has 2 heterocycles. The molecule has 1 aromatic heterocycles. The second kappa shape index (κ2) is 7.31. The number of thiazole rings is 1. The normalized spacial score (nSPS) is 20.5. The molecule has 8 heteroatoms. The highest BCUT2D eigenvalue weighted by molar-refractivity contribution is 8.01. The lowest BCUT2D eigenvalue weighted by Gasteiger charge is -2.29. The Morgan fingerprint density at radius 2 is 2.27 bits per heavy atom. The summed E-state index contributed by atoms with van der Waals surface area (Å²) < 4.78 is 24.3. The van der Waals surface area contributed by atoms with E-state index in [1.165, 1.54) is 23.1 Å². The van der Waals surface area contributed by atoms with Gasteiger partial charge in [-0.05, 0) is 19.3 Å². The molecular formula is C14H22N2O3S3. The molecular weight excluding hydrogens is 340 g/mol. The molecule has 1 aliphatic rings. The van der Waals surface area contributed by atoms with Crippen molar-refractivity contribution >= 4 is 38.8 Å². The number of rotatable bonds is 6. The standard InChI is InChI=1S/C14H22N2O3S3/c1-10(2)6-16(12-4-5-22(18,19)9-12)13(17)8-21-14-15-11(3)7-20-14/h7,10,12H,4-6,8-9H2,1-3H3. The molecule has 0 N–H and O–H groups in total. The highest BCUT2D eigenvalue weighted by Gasteiger charge is 2.34. The zero-order valence-corrected chi connectivity index (χ0v) is 15.6. The number of hydrogen-bond donors (Lipinski definition) is 0. The molecule has 1 fully saturated rings. The number of hydrogen-bond acceptors (Lipinski definition) is 6. The van der Waals surface area contributed by atoms with E-state index >= 15 is 0 Å². The van der Waals surface area contributed by atoms with Crippen molar-refractivity contribution < 1.29 is 13.2 Å². The first kappa shape index (κ1) is 17.7. The van der Waals surface area contributed by atoms with Crippen molar-refractivity contribution in [3.63, 3.8) is 0 Å². The van der Waals surface area contributed by atoms with Crippen LogP contribution in [0.4, 0.5) is 0 Å². The van der Waals surface area contributed by atoms with Gasteiger partial charge in [0.25, 0.3) is 0 Å². The van der Waals surface area contributed by atoms with Gasteiger partial charge in [-0.2, -0.15) is 0 Å². The first-order valence-corrected chi connectivity index (χ1v) is 11.0. The van der Waals surface area contributed by atoms with E-state index in [2.05, 4.69) is 4.98 Å². The highest BCUT2D eigenvalue weighted by atomic mass is 32.2. The van der Waals surface area contributed by atoms with Gasteiger partial charge in [0.05, 0.1) is 17.3 Å². The SMILES string of the molecule is Cc1csc(SCC(=O)N(CC(C)C)C2CCS(=O)(=O)C2)n1. The Hall–Kier alpha value is -0.600. The molecule has 5 nitrogen and oxygen atoms in total. The molecule has 0 saturated carbocycles. The predicted octanol–water partition coefficient (Wildman–Crippen LogP) is 2.22. The van der Waals surface area contributed by atoms with Gasteiger partial charge in [-0.3, -0.25) is 4.79 Å². The van der Waals surface area contributed by atoms with Crippen LogP contribution < -0.4 is 0 Å². The van der Waals surface area contributed by atoms with Gasteiger partial charge in [0, 0.05) is 23.7 Å². The van der Waals surface area contributed by atoms with Crippen LogP contribution in [-0.2, 0) is 14.6 Å². The van der Waals surface area contributed by atoms with Gasteiger partial charge in [-0.15, -0.1) is 11.3 Å². The van der Waals surface area contributed by atoms with Crippen LogP contribution in [-0.4, -0.2) is 54.1 Å². The van der Waals surface area contributed by atoms with Crippen LogP contribution in [0.25, 0.3) is 0 Å². The summed E-state index contributed by atoms with van der Waals surface area (Å²) in [6.45, 7) is 6.62. The van der Waals surface area contributed by atoms with Crippen molar-refractivity contribution in [3.8, 4) is 0 Å². The first-order valence-electron chi connectivity index (χ1n) is 7.31. The number of carbonyl (C=O) groups is 1. The second-order valence-corrected chi connectivity index (χ2v) is 10.3. The van der Waals surface area contributed by atoms with Gasteiger partial charge in [-0.25, -0.2) is 13.4 Å². The Morgan fingerprint density at radius 3 is 2.77 bits per heavy atom. The summed E-state index contributed by atoms with van der Waals surface area (Å²) in [4.78, 5) is 18.6. The monoisotopic (exact) mass is 362 g/mol. The zero-order chi connectivity index (χ0) is 16.3. The third kappa shape index (κ3) is 4.96. The van der Waals surface area contributed by atoms with Crippen LogP contribution in [0.3, 0.4) is 0 Å². The minimum Gasteiger partial charge on any atom is -0.338 e. The van der Waals surface area contributed by atoms with E-state index in [4.69, 9.17) is 0 Å². The molecule has 22 heavy (non-hydrogen) atoms. The number of aryl methyl sites for hydroxylation is 1. The van der Waals surface area contributed by atoms with Crippen LogP contribution in [0.5, 0.6) is 0 Å². The molecule has 0 bridgehead atoms. The molecule has 0 aromatic carbocycles. The Labute approximate surface area is 140 Å². The van der Waals surface area contributed by atoms with Gasteiger partial charge >= 0.3 is 0 Å². The number of aromatic nitrogens is 1. The van der Waals surface area contributed by atoms with Crippen LogP contribution in [0, 0.1) is 12.8 Å². The van der Waals surface area contributed by atoms with E-state index in [0.29, 0.717) is 24.6 Å². The molecule has 2 rings (SSSR count). The topological polar surface area (TPSA) is 67.3 Å². The van der Waals surface area contributed by atoms with E-state index in [9.17, 15) is 13.2 Å². The summed E-state index contributed by atoms with van der Waals surface area (Å²) in [6, 6.07) is -0.168. The first-order chi connectivity index (χ1) is 10.3. The van der Waals surface area contributed by atoms with E-state index in [1.807, 2.05) is 26.2 Å². The number of nitrogens with zero attached hydrogens (tertiary/aromatic N) is 2. The lowest BCUT2D eigenvalue weighted by Crippen LogP contribution is -2.44. The van der Waals surface area contributed by atoms with Crippen LogP contribution in [0.1, 0.15) is 26.0 Å².